The van der Waals surface area contributed by atoms with Crippen molar-refractivity contribution >= 4 is 11.6 Å². The molecule has 1 aliphatic rings. The van der Waals surface area contributed by atoms with Crippen LogP contribution in [0, 0.1) is 20.8 Å². The molecule has 0 N–H and O–H groups in total. The van der Waals surface area contributed by atoms with Gasteiger partial charge in [0.25, 0.3) is 0 Å². The minimum atomic E-state index is 0.562. The van der Waals surface area contributed by atoms with E-state index in [1.165, 1.54) is 51.8 Å². The molecule has 0 heteroatoms. The third-order valence-electron chi connectivity index (χ3n) is 5.00. The number of allylic oxidation sites excluding steroid dienone is 1. The van der Waals surface area contributed by atoms with E-state index in [0.717, 1.165) is 0 Å². The summed E-state index contributed by atoms with van der Waals surface area (Å²) in [5.41, 5.74) is 10.1. The van der Waals surface area contributed by atoms with Gasteiger partial charge in [-0.1, -0.05) is 55.8 Å². The molecule has 1 unspecified atom stereocenters. The fourth-order valence-corrected chi connectivity index (χ4v) is 3.53. The molecule has 0 radical (unpaired) electrons. The van der Waals surface area contributed by atoms with Gasteiger partial charge in [-0.2, -0.15) is 0 Å². The lowest BCUT2D eigenvalue weighted by Gasteiger charge is -2.19. The van der Waals surface area contributed by atoms with Crippen molar-refractivity contribution in [2.24, 2.45) is 0 Å². The first-order chi connectivity index (χ1) is 10.1. The van der Waals surface area contributed by atoms with Crippen LogP contribution in [0.5, 0.6) is 0 Å². The average Bonchev–Trinajstić information content (AvgIpc) is 2.84. The summed E-state index contributed by atoms with van der Waals surface area (Å²) in [7, 11) is 0. The van der Waals surface area contributed by atoms with Crippen molar-refractivity contribution < 1.29 is 0 Å². The largest absolute Gasteiger partial charge is 0.0653 e. The van der Waals surface area contributed by atoms with Crippen LogP contribution in [0.1, 0.15) is 59.1 Å². The van der Waals surface area contributed by atoms with Crippen molar-refractivity contribution in [3.05, 3.63) is 69.8 Å². The molecule has 1 atom stereocenters. The van der Waals surface area contributed by atoms with Crippen LogP contribution >= 0.6 is 0 Å². The average molecular weight is 276 g/mol. The van der Waals surface area contributed by atoms with Gasteiger partial charge in [0.05, 0.1) is 0 Å². The fourth-order valence-electron chi connectivity index (χ4n) is 3.53. The summed E-state index contributed by atoms with van der Waals surface area (Å²) in [6.45, 7) is 9.00. The molecule has 0 aromatic heterocycles. The van der Waals surface area contributed by atoms with Gasteiger partial charge in [-0.05, 0) is 66.1 Å². The van der Waals surface area contributed by atoms with E-state index in [2.05, 4.69) is 70.2 Å². The van der Waals surface area contributed by atoms with Crippen molar-refractivity contribution in [2.75, 3.05) is 0 Å². The zero-order valence-electron chi connectivity index (χ0n) is 13.5. The maximum absolute atomic E-state index is 2.41. The van der Waals surface area contributed by atoms with E-state index in [9.17, 15) is 0 Å². The van der Waals surface area contributed by atoms with Crippen LogP contribution in [-0.4, -0.2) is 0 Å². The number of aryl methyl sites for hydroxylation is 1. The van der Waals surface area contributed by atoms with E-state index in [0.29, 0.717) is 5.92 Å². The van der Waals surface area contributed by atoms with Crippen LogP contribution in [0.4, 0.5) is 0 Å². The van der Waals surface area contributed by atoms with Crippen molar-refractivity contribution in [3.63, 3.8) is 0 Å². The number of fused-ring (bicyclic) bond motifs is 1. The maximum Gasteiger partial charge on any atom is 0.0101 e. The highest BCUT2D eigenvalue weighted by atomic mass is 14.3. The summed E-state index contributed by atoms with van der Waals surface area (Å²) in [5.74, 6) is 0.562. The van der Waals surface area contributed by atoms with Gasteiger partial charge < -0.3 is 0 Å². The summed E-state index contributed by atoms with van der Waals surface area (Å²) in [6.07, 6.45) is 4.86. The van der Waals surface area contributed by atoms with Gasteiger partial charge in [0.1, 0.15) is 0 Å². The van der Waals surface area contributed by atoms with E-state index in [1.54, 1.807) is 0 Å². The third-order valence-corrected chi connectivity index (χ3v) is 5.00. The molecular weight excluding hydrogens is 252 g/mol. The molecule has 0 amide bonds. The zero-order valence-corrected chi connectivity index (χ0v) is 13.5. The SMILES string of the molecule is CCCC1C(c2ccc(C)c(C)c2C)=Cc2ccccc21. The Labute approximate surface area is 128 Å². The normalized spacial score (nSPS) is 16.8. The molecule has 0 saturated carbocycles. The van der Waals surface area contributed by atoms with Crippen molar-refractivity contribution in [1.29, 1.82) is 0 Å². The van der Waals surface area contributed by atoms with Gasteiger partial charge in [0, 0.05) is 5.92 Å². The molecular formula is C21H24. The predicted molar refractivity (Wildman–Crippen MR) is 92.6 cm³/mol. The quantitative estimate of drug-likeness (QED) is 0.640. The van der Waals surface area contributed by atoms with Crippen LogP contribution in [0.3, 0.4) is 0 Å². The van der Waals surface area contributed by atoms with Crippen molar-refractivity contribution in [2.45, 2.75) is 46.5 Å². The number of hydrogen-bond acceptors (Lipinski definition) is 0. The molecule has 0 fully saturated rings. The third kappa shape index (κ3) is 2.33. The Morgan fingerprint density at radius 1 is 0.905 bits per heavy atom. The molecule has 0 heterocycles. The molecule has 0 spiro atoms. The maximum atomic E-state index is 2.41. The minimum absolute atomic E-state index is 0.562. The first kappa shape index (κ1) is 14.1. The number of rotatable bonds is 3. The van der Waals surface area contributed by atoms with Gasteiger partial charge in [-0.25, -0.2) is 0 Å². The first-order valence-electron chi connectivity index (χ1n) is 8.01. The summed E-state index contributed by atoms with van der Waals surface area (Å²) in [4.78, 5) is 0. The van der Waals surface area contributed by atoms with E-state index >= 15 is 0 Å². The Bertz CT molecular complexity index is 704. The molecule has 108 valence electrons. The van der Waals surface area contributed by atoms with Crippen molar-refractivity contribution in [3.8, 4) is 0 Å². The molecule has 0 saturated heterocycles. The second-order valence-electron chi connectivity index (χ2n) is 6.25. The summed E-state index contributed by atoms with van der Waals surface area (Å²) in [6, 6.07) is 13.5. The number of benzene rings is 2. The summed E-state index contributed by atoms with van der Waals surface area (Å²) in [5, 5.41) is 0. The van der Waals surface area contributed by atoms with Crippen LogP contribution in [0.15, 0.2) is 36.4 Å². The van der Waals surface area contributed by atoms with Crippen LogP contribution in [0.2, 0.25) is 0 Å². The molecule has 0 aliphatic heterocycles. The van der Waals surface area contributed by atoms with Crippen LogP contribution < -0.4 is 0 Å². The molecule has 21 heavy (non-hydrogen) atoms. The second kappa shape index (κ2) is 5.52. The van der Waals surface area contributed by atoms with Crippen LogP contribution in [-0.2, 0) is 0 Å². The molecule has 2 aromatic rings. The smallest absolute Gasteiger partial charge is 0.0101 e. The lowest BCUT2D eigenvalue weighted by atomic mass is 9.84. The van der Waals surface area contributed by atoms with Gasteiger partial charge >= 0.3 is 0 Å². The van der Waals surface area contributed by atoms with Gasteiger partial charge in [-0.15, -0.1) is 0 Å². The van der Waals surface area contributed by atoms with E-state index in [4.69, 9.17) is 0 Å². The monoisotopic (exact) mass is 276 g/mol. The summed E-state index contributed by atoms with van der Waals surface area (Å²) >= 11 is 0. The van der Waals surface area contributed by atoms with Gasteiger partial charge in [0.2, 0.25) is 0 Å². The highest BCUT2D eigenvalue weighted by molar-refractivity contribution is 5.92. The Kier molecular flexibility index (Phi) is 3.71. The molecule has 3 rings (SSSR count). The van der Waals surface area contributed by atoms with Gasteiger partial charge in [0.15, 0.2) is 0 Å². The highest BCUT2D eigenvalue weighted by Gasteiger charge is 2.26. The molecule has 2 aromatic carbocycles. The first-order valence-corrected chi connectivity index (χ1v) is 8.01. The topological polar surface area (TPSA) is 0 Å². The Morgan fingerprint density at radius 2 is 1.67 bits per heavy atom. The van der Waals surface area contributed by atoms with Crippen molar-refractivity contribution in [1.82, 2.24) is 0 Å². The lowest BCUT2D eigenvalue weighted by molar-refractivity contribution is 0.736. The molecule has 0 nitrogen and oxygen atoms in total. The van der Waals surface area contributed by atoms with E-state index < -0.39 is 0 Å². The van der Waals surface area contributed by atoms with Gasteiger partial charge in [-0.3, -0.25) is 0 Å². The fraction of sp³-hybridized carbons (Fsp3) is 0.333. The van der Waals surface area contributed by atoms with Crippen LogP contribution in [0.25, 0.3) is 11.6 Å². The van der Waals surface area contributed by atoms with E-state index in [1.807, 2.05) is 0 Å². The lowest BCUT2D eigenvalue weighted by Crippen LogP contribution is -2.01. The zero-order chi connectivity index (χ0) is 15.0. The molecule has 1 aliphatic carbocycles. The Morgan fingerprint density at radius 3 is 2.43 bits per heavy atom. The molecule has 0 bridgehead atoms. The number of hydrogen-bond donors (Lipinski definition) is 0. The highest BCUT2D eigenvalue weighted by Crippen LogP contribution is 2.45. The Hall–Kier alpha value is -1.82. The predicted octanol–water partition coefficient (Wildman–Crippen LogP) is 6.05. The standard InChI is InChI=1S/C21H24/c1-5-8-20-19-10-7-6-9-17(19)13-21(20)18-12-11-14(2)15(3)16(18)4/h6-7,9-13,20H,5,8H2,1-4H3. The summed E-state index contributed by atoms with van der Waals surface area (Å²) < 4.78 is 0. The minimum Gasteiger partial charge on any atom is -0.0653 e. The Balaban J connectivity index is 2.13. The second-order valence-corrected chi connectivity index (χ2v) is 6.25. The van der Waals surface area contributed by atoms with E-state index in [-0.39, 0.29) is 0 Å².